The van der Waals surface area contributed by atoms with Gasteiger partial charge in [0.05, 0.1) is 5.56 Å². The number of benzene rings is 1. The predicted molar refractivity (Wildman–Crippen MR) is 62.8 cm³/mol. The van der Waals surface area contributed by atoms with E-state index in [1.807, 2.05) is 0 Å². The van der Waals surface area contributed by atoms with Gasteiger partial charge in [0.1, 0.15) is 5.75 Å². The molecule has 1 aliphatic rings. The predicted octanol–water partition coefficient (Wildman–Crippen LogP) is 2.67. The standard InChI is InChI=1S/C12H14ClNO2/c1-14(9-3-2-4-9)12(16)10-7-8(13)5-6-11(10)15/h5-7,9,15H,2-4H2,1H3. The van der Waals surface area contributed by atoms with Gasteiger partial charge in [-0.15, -0.1) is 0 Å². The Balaban J connectivity index is 2.22. The molecule has 0 aromatic heterocycles. The maximum Gasteiger partial charge on any atom is 0.257 e. The Hall–Kier alpha value is -1.22. The summed E-state index contributed by atoms with van der Waals surface area (Å²) < 4.78 is 0. The topological polar surface area (TPSA) is 40.5 Å². The van der Waals surface area contributed by atoms with Gasteiger partial charge in [-0.25, -0.2) is 0 Å². The van der Waals surface area contributed by atoms with Crippen LogP contribution >= 0.6 is 11.6 Å². The highest BCUT2D eigenvalue weighted by Gasteiger charge is 2.27. The number of amides is 1. The zero-order valence-corrected chi connectivity index (χ0v) is 9.87. The summed E-state index contributed by atoms with van der Waals surface area (Å²) >= 11 is 5.81. The zero-order chi connectivity index (χ0) is 11.7. The van der Waals surface area contributed by atoms with Crippen molar-refractivity contribution in [3.05, 3.63) is 28.8 Å². The van der Waals surface area contributed by atoms with Gasteiger partial charge >= 0.3 is 0 Å². The molecule has 3 nitrogen and oxygen atoms in total. The van der Waals surface area contributed by atoms with Crippen molar-refractivity contribution in [1.29, 1.82) is 0 Å². The van der Waals surface area contributed by atoms with Gasteiger partial charge < -0.3 is 10.0 Å². The highest BCUT2D eigenvalue weighted by molar-refractivity contribution is 6.31. The molecule has 0 spiro atoms. The summed E-state index contributed by atoms with van der Waals surface area (Å²) in [6.45, 7) is 0. The summed E-state index contributed by atoms with van der Waals surface area (Å²) in [7, 11) is 1.77. The van der Waals surface area contributed by atoms with E-state index in [4.69, 9.17) is 11.6 Å². The molecule has 1 aromatic carbocycles. The van der Waals surface area contributed by atoms with Crippen molar-refractivity contribution in [2.75, 3.05) is 7.05 Å². The van der Waals surface area contributed by atoms with Crippen molar-refractivity contribution in [3.63, 3.8) is 0 Å². The number of phenolic OH excluding ortho intramolecular Hbond substituents is 1. The highest BCUT2D eigenvalue weighted by Crippen LogP contribution is 2.28. The number of halogens is 1. The Morgan fingerprint density at radius 3 is 2.75 bits per heavy atom. The molecule has 1 aromatic rings. The maximum atomic E-state index is 12.1. The molecule has 4 heteroatoms. The molecule has 0 aliphatic heterocycles. The van der Waals surface area contributed by atoms with Crippen molar-refractivity contribution >= 4 is 17.5 Å². The fourth-order valence-corrected chi connectivity index (χ4v) is 1.98. The Labute approximate surface area is 99.6 Å². The third-order valence-corrected chi connectivity index (χ3v) is 3.37. The third-order valence-electron chi connectivity index (χ3n) is 3.13. The minimum Gasteiger partial charge on any atom is -0.507 e. The molecule has 1 fully saturated rings. The van der Waals surface area contributed by atoms with Crippen LogP contribution in [0.4, 0.5) is 0 Å². The van der Waals surface area contributed by atoms with Crippen LogP contribution in [0.5, 0.6) is 5.75 Å². The van der Waals surface area contributed by atoms with Gasteiger partial charge in [-0.05, 0) is 37.5 Å². The summed E-state index contributed by atoms with van der Waals surface area (Å²) in [6.07, 6.45) is 3.26. The van der Waals surface area contributed by atoms with E-state index in [0.717, 1.165) is 12.8 Å². The fraction of sp³-hybridized carbons (Fsp3) is 0.417. The molecule has 0 radical (unpaired) electrons. The van der Waals surface area contributed by atoms with Crippen LogP contribution in [0.25, 0.3) is 0 Å². The number of carbonyl (C=O) groups excluding carboxylic acids is 1. The molecule has 1 amide bonds. The summed E-state index contributed by atoms with van der Waals surface area (Å²) in [4.78, 5) is 13.7. The first kappa shape index (κ1) is 11.3. The van der Waals surface area contributed by atoms with Crippen LogP contribution in [-0.2, 0) is 0 Å². The molecule has 0 heterocycles. The van der Waals surface area contributed by atoms with Crippen LogP contribution in [0.2, 0.25) is 5.02 Å². The number of aromatic hydroxyl groups is 1. The zero-order valence-electron chi connectivity index (χ0n) is 9.11. The van der Waals surface area contributed by atoms with Gasteiger partial charge in [0.15, 0.2) is 0 Å². The lowest BCUT2D eigenvalue weighted by atomic mass is 9.91. The quantitative estimate of drug-likeness (QED) is 0.862. The second-order valence-electron chi connectivity index (χ2n) is 4.16. The van der Waals surface area contributed by atoms with Crippen LogP contribution in [0.1, 0.15) is 29.6 Å². The number of hydrogen-bond acceptors (Lipinski definition) is 2. The van der Waals surface area contributed by atoms with Crippen LogP contribution in [0, 0.1) is 0 Å². The Morgan fingerprint density at radius 2 is 2.19 bits per heavy atom. The van der Waals surface area contributed by atoms with Crippen molar-refractivity contribution in [1.82, 2.24) is 4.90 Å². The van der Waals surface area contributed by atoms with Crippen molar-refractivity contribution < 1.29 is 9.90 Å². The second-order valence-corrected chi connectivity index (χ2v) is 4.60. The number of hydrogen-bond donors (Lipinski definition) is 1. The fourth-order valence-electron chi connectivity index (χ4n) is 1.81. The smallest absolute Gasteiger partial charge is 0.257 e. The van der Waals surface area contributed by atoms with E-state index in [2.05, 4.69) is 0 Å². The number of phenols is 1. The maximum absolute atomic E-state index is 12.1. The first-order valence-corrected chi connectivity index (χ1v) is 5.73. The lowest BCUT2D eigenvalue weighted by molar-refractivity contribution is 0.0649. The average Bonchev–Trinajstić information content (AvgIpc) is 2.18. The molecular weight excluding hydrogens is 226 g/mol. The van der Waals surface area contributed by atoms with Crippen LogP contribution < -0.4 is 0 Å². The van der Waals surface area contributed by atoms with Gasteiger partial charge in [0.25, 0.3) is 5.91 Å². The molecule has 0 unspecified atom stereocenters. The van der Waals surface area contributed by atoms with E-state index in [9.17, 15) is 9.90 Å². The van der Waals surface area contributed by atoms with E-state index in [1.165, 1.54) is 18.6 Å². The minimum atomic E-state index is -0.162. The Kier molecular flexibility index (Phi) is 3.06. The molecule has 2 rings (SSSR count). The molecule has 1 aliphatic carbocycles. The van der Waals surface area contributed by atoms with Gasteiger partial charge in [0, 0.05) is 18.1 Å². The second kappa shape index (κ2) is 4.34. The van der Waals surface area contributed by atoms with Crippen molar-refractivity contribution in [2.45, 2.75) is 25.3 Å². The normalized spacial score (nSPS) is 15.6. The molecule has 16 heavy (non-hydrogen) atoms. The monoisotopic (exact) mass is 239 g/mol. The third kappa shape index (κ3) is 2.00. The van der Waals surface area contributed by atoms with Gasteiger partial charge in [0.2, 0.25) is 0 Å². The molecule has 1 saturated carbocycles. The lowest BCUT2D eigenvalue weighted by Gasteiger charge is -2.34. The minimum absolute atomic E-state index is 0.0134. The van der Waals surface area contributed by atoms with Gasteiger partial charge in [-0.1, -0.05) is 11.6 Å². The largest absolute Gasteiger partial charge is 0.507 e. The molecule has 1 N–H and O–H groups in total. The lowest BCUT2D eigenvalue weighted by Crippen LogP contribution is -2.41. The summed E-state index contributed by atoms with van der Waals surface area (Å²) in [5.74, 6) is -0.176. The Morgan fingerprint density at radius 1 is 1.50 bits per heavy atom. The molecule has 0 bridgehead atoms. The molecule has 0 saturated heterocycles. The van der Waals surface area contributed by atoms with Crippen molar-refractivity contribution in [3.8, 4) is 5.75 Å². The highest BCUT2D eigenvalue weighted by atomic mass is 35.5. The average molecular weight is 240 g/mol. The van der Waals surface area contributed by atoms with E-state index < -0.39 is 0 Å². The van der Waals surface area contributed by atoms with E-state index in [-0.39, 0.29) is 17.2 Å². The van der Waals surface area contributed by atoms with Gasteiger partial charge in [-0.3, -0.25) is 4.79 Å². The summed E-state index contributed by atoms with van der Waals surface area (Å²) in [5.41, 5.74) is 0.280. The first-order valence-electron chi connectivity index (χ1n) is 5.35. The van der Waals surface area contributed by atoms with Crippen molar-refractivity contribution in [2.24, 2.45) is 0 Å². The number of rotatable bonds is 2. The summed E-state index contributed by atoms with van der Waals surface area (Å²) in [6, 6.07) is 4.83. The van der Waals surface area contributed by atoms with Gasteiger partial charge in [-0.2, -0.15) is 0 Å². The van der Waals surface area contributed by atoms with E-state index in [0.29, 0.717) is 11.1 Å². The molecule has 86 valence electrons. The van der Waals surface area contributed by atoms with E-state index in [1.54, 1.807) is 18.0 Å². The molecular formula is C12H14ClNO2. The summed E-state index contributed by atoms with van der Waals surface area (Å²) in [5, 5.41) is 10.1. The van der Waals surface area contributed by atoms with Crippen LogP contribution in [0.3, 0.4) is 0 Å². The Bertz CT molecular complexity index is 415. The molecule has 0 atom stereocenters. The van der Waals surface area contributed by atoms with Crippen LogP contribution in [0.15, 0.2) is 18.2 Å². The first-order chi connectivity index (χ1) is 7.59. The van der Waals surface area contributed by atoms with Crippen LogP contribution in [-0.4, -0.2) is 29.0 Å². The van der Waals surface area contributed by atoms with E-state index >= 15 is 0 Å². The number of nitrogens with zero attached hydrogens (tertiary/aromatic N) is 1. The number of carbonyl (C=O) groups is 1. The SMILES string of the molecule is CN(C(=O)c1cc(Cl)ccc1O)C1CCC1.